The highest BCUT2D eigenvalue weighted by Gasteiger charge is 2.19. The van der Waals surface area contributed by atoms with Crippen LogP contribution in [-0.4, -0.2) is 15.6 Å². The number of halogens is 1. The number of aromatic nitrogens is 2. The number of nitrogens with zero attached hydrogens (tertiary/aromatic N) is 2. The molecule has 1 aliphatic rings. The van der Waals surface area contributed by atoms with Gasteiger partial charge in [0.2, 0.25) is 0 Å². The molecule has 0 radical (unpaired) electrons. The molecule has 0 amide bonds. The highest BCUT2D eigenvalue weighted by atomic mass is 79.9. The Bertz CT molecular complexity index is 530. The molecule has 0 bridgehead atoms. The molecule has 1 unspecified atom stereocenters. The predicted octanol–water partition coefficient (Wildman–Crippen LogP) is 2.59. The van der Waals surface area contributed by atoms with Crippen LogP contribution in [-0.2, 0) is 13.0 Å². The molecule has 3 rings (SSSR count). The van der Waals surface area contributed by atoms with Gasteiger partial charge in [0, 0.05) is 28.3 Å². The summed E-state index contributed by atoms with van der Waals surface area (Å²) in [6, 6.07) is 8.57. The zero-order chi connectivity index (χ0) is 11.8. The van der Waals surface area contributed by atoms with Crippen molar-refractivity contribution in [3.63, 3.8) is 0 Å². The van der Waals surface area contributed by atoms with Gasteiger partial charge in [-0.15, -0.1) is 0 Å². The van der Waals surface area contributed by atoms with Crippen LogP contribution in [0.5, 0.6) is 0 Å². The number of hydrogen-bond acceptors (Lipinski definition) is 2. The fourth-order valence-electron chi connectivity index (χ4n) is 2.34. The summed E-state index contributed by atoms with van der Waals surface area (Å²) in [7, 11) is 0. The Kier molecular flexibility index (Phi) is 2.76. The van der Waals surface area contributed by atoms with E-state index in [1.54, 1.807) is 0 Å². The lowest BCUT2D eigenvalue weighted by molar-refractivity contribution is 0.461. The first kappa shape index (κ1) is 11.0. The summed E-state index contributed by atoms with van der Waals surface area (Å²) < 4.78 is 3.28. The van der Waals surface area contributed by atoms with Crippen molar-refractivity contribution in [2.45, 2.75) is 25.4 Å². The lowest BCUT2D eigenvalue weighted by Gasteiger charge is -2.21. The second-order valence-corrected chi connectivity index (χ2v) is 5.41. The Morgan fingerprint density at radius 1 is 1.29 bits per heavy atom. The molecule has 0 fully saturated rings. The van der Waals surface area contributed by atoms with Crippen molar-refractivity contribution < 1.29 is 0 Å². The Hall–Kier alpha value is -1.13. The van der Waals surface area contributed by atoms with E-state index in [1.807, 2.05) is 6.33 Å². The van der Waals surface area contributed by atoms with Crippen LogP contribution in [0.4, 0.5) is 0 Å². The van der Waals surface area contributed by atoms with E-state index in [4.69, 9.17) is 5.73 Å². The van der Waals surface area contributed by atoms with E-state index in [-0.39, 0.29) is 6.04 Å². The van der Waals surface area contributed by atoms with Gasteiger partial charge in [-0.2, -0.15) is 0 Å². The maximum atomic E-state index is 5.96. The molecule has 2 aromatic rings. The predicted molar refractivity (Wildman–Crippen MR) is 71.7 cm³/mol. The van der Waals surface area contributed by atoms with E-state index in [2.05, 4.69) is 49.7 Å². The summed E-state index contributed by atoms with van der Waals surface area (Å²) in [5, 5.41) is 0. The van der Waals surface area contributed by atoms with Crippen LogP contribution >= 0.6 is 15.9 Å². The van der Waals surface area contributed by atoms with Crippen LogP contribution in [0.2, 0.25) is 0 Å². The van der Waals surface area contributed by atoms with Crippen LogP contribution in [0.3, 0.4) is 0 Å². The molecule has 4 heteroatoms. The Morgan fingerprint density at radius 3 is 2.82 bits per heavy atom. The number of rotatable bonds is 1. The number of benzene rings is 1. The van der Waals surface area contributed by atoms with Crippen LogP contribution < -0.4 is 5.73 Å². The standard InChI is InChI=1S/C13H14BrN3/c14-10-3-1-9(2-4-10)13-12-6-5-11(15)7-17(12)8-16-13/h1-4,8,11H,5-7,15H2. The van der Waals surface area contributed by atoms with Gasteiger partial charge >= 0.3 is 0 Å². The lowest BCUT2D eigenvalue weighted by Crippen LogP contribution is -2.31. The summed E-state index contributed by atoms with van der Waals surface area (Å²) in [5.74, 6) is 0. The van der Waals surface area contributed by atoms with Crippen molar-refractivity contribution in [3.8, 4) is 11.3 Å². The van der Waals surface area contributed by atoms with Gasteiger partial charge in [-0.1, -0.05) is 28.1 Å². The highest BCUT2D eigenvalue weighted by molar-refractivity contribution is 9.10. The molecule has 0 spiro atoms. The maximum absolute atomic E-state index is 5.96. The van der Waals surface area contributed by atoms with E-state index in [9.17, 15) is 0 Å². The minimum absolute atomic E-state index is 0.273. The van der Waals surface area contributed by atoms with E-state index < -0.39 is 0 Å². The summed E-state index contributed by atoms with van der Waals surface area (Å²) in [4.78, 5) is 4.52. The van der Waals surface area contributed by atoms with Gasteiger partial charge < -0.3 is 10.3 Å². The summed E-state index contributed by atoms with van der Waals surface area (Å²) in [6.07, 6.45) is 3.98. The molecule has 1 aromatic heterocycles. The largest absolute Gasteiger partial charge is 0.332 e. The van der Waals surface area contributed by atoms with Crippen molar-refractivity contribution in [1.82, 2.24) is 9.55 Å². The van der Waals surface area contributed by atoms with Crippen molar-refractivity contribution in [2.75, 3.05) is 0 Å². The van der Waals surface area contributed by atoms with Crippen LogP contribution in [0.15, 0.2) is 35.1 Å². The summed E-state index contributed by atoms with van der Waals surface area (Å²) in [5.41, 5.74) is 9.56. The summed E-state index contributed by atoms with van der Waals surface area (Å²) in [6.45, 7) is 0.888. The molecule has 1 aromatic carbocycles. The molecule has 1 atom stereocenters. The number of fused-ring (bicyclic) bond motifs is 1. The SMILES string of the molecule is NC1CCc2c(-c3ccc(Br)cc3)ncn2C1. The lowest BCUT2D eigenvalue weighted by atomic mass is 10.0. The third kappa shape index (κ3) is 2.03. The first-order chi connectivity index (χ1) is 8.24. The Labute approximate surface area is 109 Å². The van der Waals surface area contributed by atoms with Crippen LogP contribution in [0.25, 0.3) is 11.3 Å². The third-order valence-electron chi connectivity index (χ3n) is 3.25. The fourth-order valence-corrected chi connectivity index (χ4v) is 2.61. The molecule has 2 heterocycles. The molecule has 88 valence electrons. The molecule has 3 nitrogen and oxygen atoms in total. The average Bonchev–Trinajstić information content (AvgIpc) is 2.73. The molecular weight excluding hydrogens is 278 g/mol. The minimum Gasteiger partial charge on any atom is -0.332 e. The molecule has 17 heavy (non-hydrogen) atoms. The average molecular weight is 292 g/mol. The van der Waals surface area contributed by atoms with Crippen molar-refractivity contribution in [3.05, 3.63) is 40.8 Å². The number of imidazole rings is 1. The third-order valence-corrected chi connectivity index (χ3v) is 3.78. The van der Waals surface area contributed by atoms with Crippen molar-refractivity contribution in [1.29, 1.82) is 0 Å². The van der Waals surface area contributed by atoms with Gasteiger partial charge in [-0.25, -0.2) is 4.98 Å². The molecule has 0 saturated carbocycles. The first-order valence-electron chi connectivity index (χ1n) is 5.79. The van der Waals surface area contributed by atoms with Gasteiger partial charge in [-0.3, -0.25) is 0 Å². The zero-order valence-electron chi connectivity index (χ0n) is 9.44. The quantitative estimate of drug-likeness (QED) is 0.878. The Morgan fingerprint density at radius 2 is 2.06 bits per heavy atom. The normalized spacial score (nSPS) is 19.1. The van der Waals surface area contributed by atoms with E-state index in [0.717, 1.165) is 29.6 Å². The highest BCUT2D eigenvalue weighted by Crippen LogP contribution is 2.27. The number of nitrogens with two attached hydrogens (primary N) is 1. The minimum atomic E-state index is 0.273. The maximum Gasteiger partial charge on any atom is 0.0956 e. The Balaban J connectivity index is 2.02. The van der Waals surface area contributed by atoms with Gasteiger partial charge in [-0.05, 0) is 25.0 Å². The molecular formula is C13H14BrN3. The van der Waals surface area contributed by atoms with Gasteiger partial charge in [0.1, 0.15) is 0 Å². The second kappa shape index (κ2) is 4.27. The molecule has 0 aliphatic carbocycles. The number of hydrogen-bond donors (Lipinski definition) is 1. The fraction of sp³-hybridized carbons (Fsp3) is 0.308. The van der Waals surface area contributed by atoms with Crippen molar-refractivity contribution >= 4 is 15.9 Å². The van der Waals surface area contributed by atoms with Crippen molar-refractivity contribution in [2.24, 2.45) is 5.73 Å². The summed E-state index contributed by atoms with van der Waals surface area (Å²) >= 11 is 3.45. The van der Waals surface area contributed by atoms with Gasteiger partial charge in [0.25, 0.3) is 0 Å². The monoisotopic (exact) mass is 291 g/mol. The van der Waals surface area contributed by atoms with Gasteiger partial charge in [0.15, 0.2) is 0 Å². The molecule has 1 aliphatic heterocycles. The van der Waals surface area contributed by atoms with E-state index in [0.29, 0.717) is 0 Å². The second-order valence-electron chi connectivity index (χ2n) is 4.50. The van der Waals surface area contributed by atoms with E-state index >= 15 is 0 Å². The smallest absolute Gasteiger partial charge is 0.0956 e. The zero-order valence-corrected chi connectivity index (χ0v) is 11.0. The van der Waals surface area contributed by atoms with Crippen LogP contribution in [0.1, 0.15) is 12.1 Å². The van der Waals surface area contributed by atoms with E-state index in [1.165, 1.54) is 11.3 Å². The topological polar surface area (TPSA) is 43.8 Å². The molecule has 0 saturated heterocycles. The van der Waals surface area contributed by atoms with Gasteiger partial charge in [0.05, 0.1) is 12.0 Å². The molecule has 2 N–H and O–H groups in total. The van der Waals surface area contributed by atoms with Crippen LogP contribution in [0, 0.1) is 0 Å². The first-order valence-corrected chi connectivity index (χ1v) is 6.59.